The molecule has 0 rings (SSSR count). The summed E-state index contributed by atoms with van der Waals surface area (Å²) in [5.74, 6) is -0.195. The second-order valence-corrected chi connectivity index (χ2v) is 23.5. The van der Waals surface area contributed by atoms with Crippen LogP contribution in [0, 0.1) is 0 Å². The Labute approximate surface area is 441 Å². The summed E-state index contributed by atoms with van der Waals surface area (Å²) in [6.45, 7) is 4.67. The van der Waals surface area contributed by atoms with E-state index in [0.717, 1.165) is 51.4 Å². The Morgan fingerprint density at radius 1 is 0.493 bits per heavy atom. The normalized spacial score (nSPS) is 14.2. The lowest BCUT2D eigenvalue weighted by molar-refractivity contribution is -0.870. The highest BCUT2D eigenvalue weighted by molar-refractivity contribution is 7.45. The van der Waals surface area contributed by atoms with Crippen LogP contribution < -0.4 is 10.2 Å². The Bertz CT molecular complexity index is 1290. The zero-order valence-electron chi connectivity index (χ0n) is 47.7. The van der Waals surface area contributed by atoms with Crippen LogP contribution in [0.1, 0.15) is 290 Å². The van der Waals surface area contributed by atoms with E-state index in [9.17, 15) is 19.4 Å². The molecule has 0 aromatic heterocycles. The number of aliphatic hydroxyl groups excluding tert-OH is 1. The third-order valence-electron chi connectivity index (χ3n) is 13.8. The summed E-state index contributed by atoms with van der Waals surface area (Å²) in [4.78, 5) is 25.5. The van der Waals surface area contributed by atoms with Gasteiger partial charge in [0, 0.05) is 6.42 Å². The van der Waals surface area contributed by atoms with Gasteiger partial charge in [0.2, 0.25) is 5.91 Å². The van der Waals surface area contributed by atoms with E-state index in [1.54, 1.807) is 6.08 Å². The van der Waals surface area contributed by atoms with Crippen LogP contribution in [-0.4, -0.2) is 68.5 Å². The minimum Gasteiger partial charge on any atom is -0.756 e. The van der Waals surface area contributed by atoms with Crippen molar-refractivity contribution in [3.05, 3.63) is 48.6 Å². The molecule has 0 aliphatic rings. The number of likely N-dealkylation sites (N-methyl/N-ethyl adjacent to an activating group) is 1. The first-order valence-corrected chi connectivity index (χ1v) is 32.0. The Hall–Kier alpha value is -1.54. The first kappa shape index (κ1) is 69.5. The molecule has 71 heavy (non-hydrogen) atoms. The fourth-order valence-corrected chi connectivity index (χ4v) is 9.71. The highest BCUT2D eigenvalue weighted by atomic mass is 31.2. The van der Waals surface area contributed by atoms with Gasteiger partial charge in [-0.1, -0.05) is 274 Å². The smallest absolute Gasteiger partial charge is 0.268 e. The maximum absolute atomic E-state index is 13.0. The van der Waals surface area contributed by atoms with Gasteiger partial charge >= 0.3 is 0 Å². The van der Waals surface area contributed by atoms with Gasteiger partial charge in [0.15, 0.2) is 0 Å². The molecule has 0 heterocycles. The maximum Gasteiger partial charge on any atom is 0.268 e. The van der Waals surface area contributed by atoms with E-state index in [2.05, 4.69) is 55.6 Å². The number of carbonyl (C=O) groups is 1. The fourth-order valence-electron chi connectivity index (χ4n) is 8.99. The van der Waals surface area contributed by atoms with Crippen molar-refractivity contribution in [2.45, 2.75) is 302 Å². The van der Waals surface area contributed by atoms with E-state index in [4.69, 9.17) is 9.05 Å². The third kappa shape index (κ3) is 56.0. The average Bonchev–Trinajstić information content (AvgIpc) is 3.33. The van der Waals surface area contributed by atoms with E-state index in [1.807, 2.05) is 27.2 Å². The van der Waals surface area contributed by atoms with Crippen molar-refractivity contribution in [2.24, 2.45) is 0 Å². The molecular formula is C62H119N2O6P. The molecule has 0 saturated carbocycles. The van der Waals surface area contributed by atoms with Crippen molar-refractivity contribution < 1.29 is 32.9 Å². The summed E-state index contributed by atoms with van der Waals surface area (Å²) in [7, 11) is 1.27. The highest BCUT2D eigenvalue weighted by Gasteiger charge is 2.23. The largest absolute Gasteiger partial charge is 0.756 e. The fraction of sp³-hybridized carbons (Fsp3) is 0.855. The van der Waals surface area contributed by atoms with Gasteiger partial charge in [0.1, 0.15) is 13.2 Å². The molecule has 1 amide bonds. The molecule has 0 saturated heterocycles. The van der Waals surface area contributed by atoms with Crippen molar-refractivity contribution in [3.63, 3.8) is 0 Å². The predicted molar refractivity (Wildman–Crippen MR) is 307 cm³/mol. The Morgan fingerprint density at radius 3 is 1.18 bits per heavy atom. The van der Waals surface area contributed by atoms with Gasteiger partial charge in [-0.25, -0.2) is 0 Å². The van der Waals surface area contributed by atoms with Gasteiger partial charge in [0.05, 0.1) is 39.9 Å². The van der Waals surface area contributed by atoms with Crippen LogP contribution in [0.3, 0.4) is 0 Å². The molecular weight excluding hydrogens is 900 g/mol. The summed E-state index contributed by atoms with van der Waals surface area (Å²) < 4.78 is 23.4. The summed E-state index contributed by atoms with van der Waals surface area (Å²) >= 11 is 0. The van der Waals surface area contributed by atoms with E-state index in [0.29, 0.717) is 17.4 Å². The topological polar surface area (TPSA) is 108 Å². The van der Waals surface area contributed by atoms with Gasteiger partial charge in [-0.3, -0.25) is 9.36 Å². The van der Waals surface area contributed by atoms with Crippen molar-refractivity contribution in [2.75, 3.05) is 40.9 Å². The van der Waals surface area contributed by atoms with Crippen LogP contribution in [0.25, 0.3) is 0 Å². The Kier molecular flexibility index (Phi) is 52.1. The summed E-state index contributed by atoms with van der Waals surface area (Å²) in [6.07, 6.45) is 70.5. The van der Waals surface area contributed by atoms with Crippen molar-refractivity contribution in [1.82, 2.24) is 5.32 Å². The standard InChI is InChI=1S/C62H119N2O6P/c1-6-8-10-12-14-16-18-20-22-24-26-28-29-30-31-32-33-34-35-36-38-40-42-44-46-48-50-52-54-56-62(66)63-60(59-70-71(67,68)69-58-57-64(3,4)5)61(65)55-53-51-49-47-45-43-41-39-37-27-25-23-21-19-17-15-13-11-9-7-2/h18,20,24,26,29-30,53,55,60-61,65H,6-17,19,21-23,25,27-28,31-52,54,56-59H2,1-5H3,(H-,63,66,67,68)/b20-18-,26-24-,30-29-,55-53+. The molecule has 3 unspecified atom stereocenters. The van der Waals surface area contributed by atoms with Gasteiger partial charge in [-0.15, -0.1) is 0 Å². The lowest BCUT2D eigenvalue weighted by atomic mass is 10.0. The van der Waals surface area contributed by atoms with Crippen molar-refractivity contribution >= 4 is 13.7 Å². The lowest BCUT2D eigenvalue weighted by Gasteiger charge is -2.29. The molecule has 0 aliphatic heterocycles. The Balaban J connectivity index is 4.15. The van der Waals surface area contributed by atoms with Crippen LogP contribution in [0.4, 0.5) is 0 Å². The number of quaternary nitrogens is 1. The molecule has 0 bridgehead atoms. The number of unbranched alkanes of at least 4 members (excludes halogenated alkanes) is 37. The van der Waals surface area contributed by atoms with Crippen LogP contribution in [0.15, 0.2) is 48.6 Å². The van der Waals surface area contributed by atoms with Gasteiger partial charge < -0.3 is 28.8 Å². The lowest BCUT2D eigenvalue weighted by Crippen LogP contribution is -2.45. The minimum atomic E-state index is -4.60. The van der Waals surface area contributed by atoms with Gasteiger partial charge in [-0.2, -0.15) is 0 Å². The first-order chi connectivity index (χ1) is 34.5. The molecule has 0 radical (unpaired) electrons. The van der Waals surface area contributed by atoms with Crippen LogP contribution >= 0.6 is 7.82 Å². The van der Waals surface area contributed by atoms with E-state index in [1.165, 1.54) is 218 Å². The van der Waals surface area contributed by atoms with E-state index < -0.39 is 20.0 Å². The third-order valence-corrected chi connectivity index (χ3v) is 14.7. The number of allylic oxidation sites excluding steroid dienone is 7. The molecule has 8 nitrogen and oxygen atoms in total. The molecule has 0 fully saturated rings. The molecule has 3 atom stereocenters. The van der Waals surface area contributed by atoms with Crippen LogP contribution in [0.2, 0.25) is 0 Å². The van der Waals surface area contributed by atoms with Crippen molar-refractivity contribution in [3.8, 4) is 0 Å². The number of hydrogen-bond donors (Lipinski definition) is 2. The molecule has 9 heteroatoms. The highest BCUT2D eigenvalue weighted by Crippen LogP contribution is 2.38. The molecule has 0 spiro atoms. The number of carbonyl (C=O) groups excluding carboxylic acids is 1. The minimum absolute atomic E-state index is 0.000974. The van der Waals surface area contributed by atoms with Gasteiger partial charge in [0.25, 0.3) is 7.82 Å². The first-order valence-electron chi connectivity index (χ1n) is 30.5. The van der Waals surface area contributed by atoms with Crippen molar-refractivity contribution in [1.29, 1.82) is 0 Å². The predicted octanol–water partition coefficient (Wildman–Crippen LogP) is 18.1. The second-order valence-electron chi connectivity index (χ2n) is 22.1. The molecule has 418 valence electrons. The molecule has 2 N–H and O–H groups in total. The number of hydrogen-bond acceptors (Lipinski definition) is 6. The quantitative estimate of drug-likeness (QED) is 0.0272. The number of amides is 1. The Morgan fingerprint density at radius 2 is 0.817 bits per heavy atom. The molecule has 0 aromatic rings. The van der Waals surface area contributed by atoms with Crippen LogP contribution in [0.5, 0.6) is 0 Å². The SMILES string of the molecule is CCCCCCC/C=C\C/C=C\C/C=C\CCCCCCCCCCCCCCCCC(=O)NC(COP(=O)([O-])OCC[N+](C)(C)C)C(O)/C=C/CCCCCCCCCCCCCCCCCCCC. The average molecular weight is 1020 g/mol. The second kappa shape index (κ2) is 53.3. The van der Waals surface area contributed by atoms with E-state index in [-0.39, 0.29) is 19.1 Å². The molecule has 0 aromatic carbocycles. The number of aliphatic hydroxyl groups is 1. The zero-order valence-corrected chi connectivity index (χ0v) is 48.6. The summed E-state index contributed by atoms with van der Waals surface area (Å²) in [5, 5.41) is 13.9. The van der Waals surface area contributed by atoms with E-state index >= 15 is 0 Å². The number of rotatable bonds is 56. The van der Waals surface area contributed by atoms with Crippen LogP contribution in [-0.2, 0) is 18.4 Å². The number of nitrogens with zero attached hydrogens (tertiary/aromatic N) is 1. The summed E-state index contributed by atoms with van der Waals surface area (Å²) in [6, 6.07) is -0.888. The van der Waals surface area contributed by atoms with Gasteiger partial charge in [-0.05, 0) is 57.8 Å². The number of phosphoric acid groups is 1. The zero-order chi connectivity index (χ0) is 52.0. The number of nitrogens with one attached hydrogen (secondary N) is 1. The monoisotopic (exact) mass is 1020 g/mol. The molecule has 0 aliphatic carbocycles. The number of phosphoric ester groups is 1. The summed E-state index contributed by atoms with van der Waals surface area (Å²) in [5.41, 5.74) is 0. The maximum atomic E-state index is 13.0.